The molecule has 0 bridgehead atoms. The monoisotopic (exact) mass is 447 g/mol. The molecule has 0 radical (unpaired) electrons. The normalized spacial score (nSPS) is 20.5. The highest BCUT2D eigenvalue weighted by Crippen LogP contribution is 2.57. The highest BCUT2D eigenvalue weighted by Gasteiger charge is 2.56. The van der Waals surface area contributed by atoms with Crippen LogP contribution in [0, 0.1) is 6.92 Å². The fourth-order valence-corrected chi connectivity index (χ4v) is 4.49. The topological polar surface area (TPSA) is 113 Å². The van der Waals surface area contributed by atoms with Gasteiger partial charge in [0.2, 0.25) is 0 Å². The number of carbonyl (C=O) groups excluding carboxylic acids is 3. The number of rotatable bonds is 5. The van der Waals surface area contributed by atoms with Gasteiger partial charge in [0.05, 0.1) is 11.1 Å². The van der Waals surface area contributed by atoms with E-state index in [2.05, 4.69) is 5.32 Å². The van der Waals surface area contributed by atoms with Crippen LogP contribution in [0.25, 0.3) is 0 Å². The first-order chi connectivity index (χ1) is 15.6. The van der Waals surface area contributed by atoms with E-state index >= 15 is 0 Å². The summed E-state index contributed by atoms with van der Waals surface area (Å²) in [6.07, 6.45) is 1.92. The van der Waals surface area contributed by atoms with Crippen molar-refractivity contribution < 1.29 is 29.3 Å². The van der Waals surface area contributed by atoms with Crippen molar-refractivity contribution in [2.45, 2.75) is 39.5 Å². The molecule has 0 amide bonds. The van der Waals surface area contributed by atoms with Crippen LogP contribution >= 0.6 is 0 Å². The molecule has 7 heteroatoms. The number of phenols is 2. The molecule has 170 valence electrons. The molecule has 0 fully saturated rings. The van der Waals surface area contributed by atoms with E-state index in [9.17, 15) is 24.6 Å². The molecule has 1 atom stereocenters. The van der Waals surface area contributed by atoms with E-state index in [1.165, 1.54) is 19.9 Å². The lowest BCUT2D eigenvalue weighted by Gasteiger charge is -2.29. The van der Waals surface area contributed by atoms with Gasteiger partial charge in [0, 0.05) is 23.9 Å². The van der Waals surface area contributed by atoms with Gasteiger partial charge in [-0.1, -0.05) is 30.3 Å². The zero-order valence-electron chi connectivity index (χ0n) is 18.9. The quantitative estimate of drug-likeness (QED) is 0.366. The molecule has 0 aromatic heterocycles. The second-order valence-electron chi connectivity index (χ2n) is 8.55. The standard InChI is InChI=1S/C26H25NO6/c1-13-22(30)20(15(3)28)24-21(23(13)31)26(4)18(33-24)12-17(29)19(25(26)32)14(2)27-11-10-16-8-6-5-7-9-16/h5-9,12,27,30-31H,10-11H2,1-4H3/b19-14+/t26-/m0/s1. The van der Waals surface area contributed by atoms with Gasteiger partial charge in [-0.2, -0.15) is 0 Å². The number of fused-ring (bicyclic) bond motifs is 3. The van der Waals surface area contributed by atoms with Crippen molar-refractivity contribution in [1.29, 1.82) is 0 Å². The molecule has 7 nitrogen and oxygen atoms in total. The van der Waals surface area contributed by atoms with Gasteiger partial charge in [0.25, 0.3) is 0 Å². The Morgan fingerprint density at radius 3 is 2.39 bits per heavy atom. The molecule has 0 spiro atoms. The smallest absolute Gasteiger partial charge is 0.194 e. The van der Waals surface area contributed by atoms with Crippen molar-refractivity contribution in [3.8, 4) is 17.2 Å². The van der Waals surface area contributed by atoms with Crippen molar-refractivity contribution in [2.75, 3.05) is 6.54 Å². The van der Waals surface area contributed by atoms with Crippen molar-refractivity contribution in [1.82, 2.24) is 5.32 Å². The highest BCUT2D eigenvalue weighted by molar-refractivity contribution is 6.31. The Kier molecular flexibility index (Phi) is 5.36. The first kappa shape index (κ1) is 22.3. The van der Waals surface area contributed by atoms with Crippen molar-refractivity contribution in [3.05, 3.63) is 75.7 Å². The number of ether oxygens (including phenoxy) is 1. The van der Waals surface area contributed by atoms with Crippen molar-refractivity contribution in [2.24, 2.45) is 0 Å². The van der Waals surface area contributed by atoms with Crippen LogP contribution in [0.1, 0.15) is 47.8 Å². The molecule has 2 aliphatic rings. The molecular formula is C26H25NO6. The van der Waals surface area contributed by atoms with E-state index in [4.69, 9.17) is 4.74 Å². The summed E-state index contributed by atoms with van der Waals surface area (Å²) in [6, 6.07) is 9.82. The lowest BCUT2D eigenvalue weighted by atomic mass is 9.70. The van der Waals surface area contributed by atoms with Crippen LogP contribution in [0.5, 0.6) is 17.2 Å². The maximum atomic E-state index is 13.7. The van der Waals surface area contributed by atoms with Crippen LogP contribution < -0.4 is 10.1 Å². The van der Waals surface area contributed by atoms with Crippen LogP contribution in [0.2, 0.25) is 0 Å². The summed E-state index contributed by atoms with van der Waals surface area (Å²) in [5, 5.41) is 24.4. The third-order valence-corrected chi connectivity index (χ3v) is 6.41. The van der Waals surface area contributed by atoms with Gasteiger partial charge in [-0.3, -0.25) is 14.4 Å². The second-order valence-corrected chi connectivity index (χ2v) is 8.55. The number of carbonyl (C=O) groups is 3. The van der Waals surface area contributed by atoms with E-state index in [1.54, 1.807) is 13.8 Å². The summed E-state index contributed by atoms with van der Waals surface area (Å²) < 4.78 is 5.77. The lowest BCUT2D eigenvalue weighted by molar-refractivity contribution is -0.123. The number of benzene rings is 2. The zero-order chi connectivity index (χ0) is 24.1. The van der Waals surface area contributed by atoms with Gasteiger partial charge < -0.3 is 20.3 Å². The van der Waals surface area contributed by atoms with E-state index in [-0.39, 0.29) is 39.5 Å². The number of hydrogen-bond donors (Lipinski definition) is 3. The molecule has 2 aromatic carbocycles. The van der Waals surface area contributed by atoms with Crippen LogP contribution in [0.4, 0.5) is 0 Å². The minimum absolute atomic E-state index is 0.0242. The predicted octanol–water partition coefficient (Wildman–Crippen LogP) is 3.40. The second kappa shape index (κ2) is 7.92. The predicted molar refractivity (Wildman–Crippen MR) is 121 cm³/mol. The average molecular weight is 447 g/mol. The lowest BCUT2D eigenvalue weighted by Crippen LogP contribution is -2.41. The molecule has 1 aliphatic heterocycles. The van der Waals surface area contributed by atoms with Gasteiger partial charge >= 0.3 is 0 Å². The Hall–Kier alpha value is -3.87. The first-order valence-electron chi connectivity index (χ1n) is 10.7. The summed E-state index contributed by atoms with van der Waals surface area (Å²) in [7, 11) is 0. The summed E-state index contributed by atoms with van der Waals surface area (Å²) >= 11 is 0. The van der Waals surface area contributed by atoms with Crippen LogP contribution in [0.3, 0.4) is 0 Å². The van der Waals surface area contributed by atoms with Crippen molar-refractivity contribution >= 4 is 17.3 Å². The largest absolute Gasteiger partial charge is 0.507 e. The van der Waals surface area contributed by atoms with Gasteiger partial charge in [-0.05, 0) is 39.7 Å². The van der Waals surface area contributed by atoms with Gasteiger partial charge in [0.15, 0.2) is 17.3 Å². The Bertz CT molecular complexity index is 1270. The molecule has 3 N–H and O–H groups in total. The molecule has 0 saturated heterocycles. The Balaban J connectivity index is 1.76. The van der Waals surface area contributed by atoms with Crippen molar-refractivity contribution in [3.63, 3.8) is 0 Å². The number of aromatic hydroxyl groups is 2. The van der Waals surface area contributed by atoms with Gasteiger partial charge in [0.1, 0.15) is 34.0 Å². The van der Waals surface area contributed by atoms with E-state index in [0.29, 0.717) is 18.7 Å². The number of Topliss-reactive ketones (excluding diaryl/α,β-unsaturated/α-hetero) is 2. The number of hydrogen-bond acceptors (Lipinski definition) is 7. The fraction of sp³-hybridized carbons (Fsp3) is 0.269. The Morgan fingerprint density at radius 1 is 1.09 bits per heavy atom. The fourth-order valence-electron chi connectivity index (χ4n) is 4.49. The Morgan fingerprint density at radius 2 is 1.76 bits per heavy atom. The number of phenolic OH excluding ortho intramolecular Hbond substituents is 2. The summed E-state index contributed by atoms with van der Waals surface area (Å²) in [6.45, 7) is 6.45. The average Bonchev–Trinajstić information content (AvgIpc) is 3.06. The number of allylic oxidation sites excluding steroid dienone is 4. The van der Waals surface area contributed by atoms with E-state index < -0.39 is 28.5 Å². The molecule has 33 heavy (non-hydrogen) atoms. The highest BCUT2D eigenvalue weighted by atomic mass is 16.5. The Labute approximate surface area is 191 Å². The summed E-state index contributed by atoms with van der Waals surface area (Å²) in [5.41, 5.74) is 0.0362. The molecule has 4 rings (SSSR count). The van der Waals surface area contributed by atoms with Crippen LogP contribution in [-0.4, -0.2) is 34.1 Å². The third-order valence-electron chi connectivity index (χ3n) is 6.41. The number of ketones is 3. The minimum Gasteiger partial charge on any atom is -0.507 e. The maximum absolute atomic E-state index is 13.7. The van der Waals surface area contributed by atoms with Crippen LogP contribution in [-0.2, 0) is 21.4 Å². The van der Waals surface area contributed by atoms with E-state index in [0.717, 1.165) is 5.56 Å². The minimum atomic E-state index is -1.51. The maximum Gasteiger partial charge on any atom is 0.194 e. The summed E-state index contributed by atoms with van der Waals surface area (Å²) in [4.78, 5) is 38.8. The molecule has 0 saturated carbocycles. The molecule has 2 aromatic rings. The number of nitrogens with one attached hydrogen (secondary N) is 1. The van der Waals surface area contributed by atoms with E-state index in [1.807, 2.05) is 30.3 Å². The zero-order valence-corrected chi connectivity index (χ0v) is 18.9. The third kappa shape index (κ3) is 3.31. The molecule has 1 heterocycles. The van der Waals surface area contributed by atoms with Gasteiger partial charge in [-0.15, -0.1) is 0 Å². The molecule has 1 aliphatic carbocycles. The first-order valence-corrected chi connectivity index (χ1v) is 10.7. The molecule has 0 unspecified atom stereocenters. The van der Waals surface area contributed by atoms with Gasteiger partial charge in [-0.25, -0.2) is 0 Å². The molecular weight excluding hydrogens is 422 g/mol. The van der Waals surface area contributed by atoms with Crippen LogP contribution in [0.15, 0.2) is 53.4 Å². The summed E-state index contributed by atoms with van der Waals surface area (Å²) in [5.74, 6) is -2.35. The SMILES string of the molecule is CC(=O)c1c(O)c(C)c(O)c2c1OC1=CC(=O)/C(=C(/C)NCCc3ccccc3)C(=O)[C@@]12C.